The second-order valence-electron chi connectivity index (χ2n) is 2.33. The molecule has 0 aliphatic heterocycles. The molecule has 56 valence electrons. The van der Waals surface area contributed by atoms with Gasteiger partial charge in [0.2, 0.25) is 0 Å². The Labute approximate surface area is 56.5 Å². The largest absolute Gasteiger partial charge is 0.377 e. The topological polar surface area (TPSA) is 49.5 Å². The lowest BCUT2D eigenvalue weighted by Gasteiger charge is -2.16. The van der Waals surface area contributed by atoms with Crippen molar-refractivity contribution in [2.75, 3.05) is 20.1 Å². The van der Waals surface area contributed by atoms with Crippen molar-refractivity contribution in [2.24, 2.45) is 5.73 Å². The molecule has 0 amide bonds. The van der Waals surface area contributed by atoms with Gasteiger partial charge >= 0.3 is 0 Å². The number of nitrogens with two attached hydrogens (primary N) is 1. The minimum atomic E-state index is -0.693. The summed E-state index contributed by atoms with van der Waals surface area (Å²) < 4.78 is 0. The third kappa shape index (κ3) is 5.76. The van der Waals surface area contributed by atoms with Gasteiger partial charge in [0, 0.05) is 6.54 Å². The van der Waals surface area contributed by atoms with Crippen LogP contribution < -0.4 is 5.73 Å². The third-order valence-electron chi connectivity index (χ3n) is 1.10. The number of nitrogens with zero attached hydrogens (tertiary/aromatic N) is 1. The molecule has 0 heterocycles. The van der Waals surface area contributed by atoms with Crippen LogP contribution in [0.25, 0.3) is 0 Å². The van der Waals surface area contributed by atoms with E-state index in [0.29, 0.717) is 6.54 Å². The molecule has 0 saturated heterocycles. The number of aliphatic hydroxyl groups excluding tert-OH is 1. The van der Waals surface area contributed by atoms with Crippen molar-refractivity contribution >= 4 is 0 Å². The fourth-order valence-corrected chi connectivity index (χ4v) is 0.792. The third-order valence-corrected chi connectivity index (χ3v) is 1.10. The first-order valence-electron chi connectivity index (χ1n) is 3.29. The Morgan fingerprint density at radius 3 is 2.56 bits per heavy atom. The first-order valence-corrected chi connectivity index (χ1v) is 3.29. The van der Waals surface area contributed by atoms with Crippen LogP contribution in [0.2, 0.25) is 0 Å². The van der Waals surface area contributed by atoms with Gasteiger partial charge in [0.15, 0.2) is 0 Å². The lowest BCUT2D eigenvalue weighted by Crippen LogP contribution is -2.35. The van der Waals surface area contributed by atoms with Crippen LogP contribution >= 0.6 is 0 Å². The predicted molar refractivity (Wildman–Crippen MR) is 38.0 cm³/mol. The van der Waals surface area contributed by atoms with Gasteiger partial charge in [-0.2, -0.15) is 0 Å². The number of hydrogen-bond donors (Lipinski definition) is 2. The molecule has 0 aromatic carbocycles. The highest BCUT2D eigenvalue weighted by Gasteiger charge is 1.99. The van der Waals surface area contributed by atoms with Gasteiger partial charge in [0.1, 0.15) is 6.23 Å². The summed E-state index contributed by atoms with van der Waals surface area (Å²) in [5, 5.41) is 8.69. The summed E-state index contributed by atoms with van der Waals surface area (Å²) in [7, 11) is 1.94. The summed E-state index contributed by atoms with van der Waals surface area (Å²) in [6, 6.07) is 0. The van der Waals surface area contributed by atoms with Crippen molar-refractivity contribution in [3.05, 3.63) is 0 Å². The molecule has 9 heavy (non-hydrogen) atoms. The maximum atomic E-state index is 8.69. The maximum absolute atomic E-state index is 8.69. The zero-order valence-corrected chi connectivity index (χ0v) is 6.17. The van der Waals surface area contributed by atoms with Crippen molar-refractivity contribution in [1.29, 1.82) is 0 Å². The molecule has 0 aliphatic rings. The predicted octanol–water partition coefficient (Wildman–Crippen LogP) is -0.395. The highest BCUT2D eigenvalue weighted by atomic mass is 16.3. The van der Waals surface area contributed by atoms with Crippen LogP contribution in [0.5, 0.6) is 0 Å². The lowest BCUT2D eigenvalue weighted by atomic mass is 10.4. The standard InChI is InChI=1S/C6H16N2O/c1-3-4-8(2)5-6(7)9/h6,9H,3-5,7H2,1-2H3. The number of hydrogen-bond acceptors (Lipinski definition) is 3. The van der Waals surface area contributed by atoms with Crippen LogP contribution in [0.15, 0.2) is 0 Å². The SMILES string of the molecule is CCCN(C)CC(N)O. The van der Waals surface area contributed by atoms with Crippen LogP contribution in [0, 0.1) is 0 Å². The molecule has 0 aliphatic carbocycles. The molecule has 1 unspecified atom stereocenters. The molecular weight excluding hydrogens is 116 g/mol. The summed E-state index contributed by atoms with van der Waals surface area (Å²) in [4.78, 5) is 2.00. The molecule has 3 heteroatoms. The average molecular weight is 132 g/mol. The van der Waals surface area contributed by atoms with Crippen LogP contribution in [0.3, 0.4) is 0 Å². The fourth-order valence-electron chi connectivity index (χ4n) is 0.792. The van der Waals surface area contributed by atoms with Crippen molar-refractivity contribution in [2.45, 2.75) is 19.6 Å². The molecule has 3 N–H and O–H groups in total. The lowest BCUT2D eigenvalue weighted by molar-refractivity contribution is 0.131. The number of likely N-dealkylation sites (N-methyl/N-ethyl adjacent to an activating group) is 1. The Balaban J connectivity index is 3.15. The van der Waals surface area contributed by atoms with E-state index in [2.05, 4.69) is 6.92 Å². The summed E-state index contributed by atoms with van der Waals surface area (Å²) in [6.07, 6.45) is 0.407. The van der Waals surface area contributed by atoms with E-state index in [1.165, 1.54) is 0 Å². The van der Waals surface area contributed by atoms with E-state index < -0.39 is 6.23 Å². The van der Waals surface area contributed by atoms with Crippen molar-refractivity contribution in [1.82, 2.24) is 4.90 Å². The van der Waals surface area contributed by atoms with Gasteiger partial charge in [-0.05, 0) is 20.0 Å². The minimum absolute atomic E-state index is 0.563. The highest BCUT2D eigenvalue weighted by Crippen LogP contribution is 1.85. The molecule has 0 radical (unpaired) electrons. The van der Waals surface area contributed by atoms with Crippen LogP contribution in [0.4, 0.5) is 0 Å². The number of rotatable bonds is 4. The Hall–Kier alpha value is -0.120. The van der Waals surface area contributed by atoms with E-state index in [1.54, 1.807) is 0 Å². The molecule has 0 aromatic rings. The smallest absolute Gasteiger partial charge is 0.115 e. The van der Waals surface area contributed by atoms with E-state index in [-0.39, 0.29) is 0 Å². The second-order valence-corrected chi connectivity index (χ2v) is 2.33. The molecule has 0 bridgehead atoms. The van der Waals surface area contributed by atoms with Crippen molar-refractivity contribution in [3.8, 4) is 0 Å². The molecular formula is C6H16N2O. The van der Waals surface area contributed by atoms with Crippen molar-refractivity contribution < 1.29 is 5.11 Å². The Morgan fingerprint density at radius 2 is 2.22 bits per heavy atom. The first kappa shape index (κ1) is 8.88. The van der Waals surface area contributed by atoms with E-state index in [0.717, 1.165) is 13.0 Å². The number of aliphatic hydroxyl groups is 1. The molecule has 3 nitrogen and oxygen atoms in total. The monoisotopic (exact) mass is 132 g/mol. The van der Waals surface area contributed by atoms with E-state index in [4.69, 9.17) is 10.8 Å². The fraction of sp³-hybridized carbons (Fsp3) is 1.00. The molecule has 1 atom stereocenters. The summed E-state index contributed by atoms with van der Waals surface area (Å²) in [5.74, 6) is 0. The van der Waals surface area contributed by atoms with Gasteiger partial charge in [0.25, 0.3) is 0 Å². The molecule has 0 aromatic heterocycles. The van der Waals surface area contributed by atoms with Gasteiger partial charge in [-0.1, -0.05) is 6.92 Å². The van der Waals surface area contributed by atoms with Crippen LogP contribution in [-0.2, 0) is 0 Å². The van der Waals surface area contributed by atoms with Gasteiger partial charge in [-0.25, -0.2) is 0 Å². The molecule has 0 fully saturated rings. The molecule has 0 rings (SSSR count). The quantitative estimate of drug-likeness (QED) is 0.512. The maximum Gasteiger partial charge on any atom is 0.115 e. The summed E-state index contributed by atoms with van der Waals surface area (Å²) in [6.45, 7) is 3.65. The van der Waals surface area contributed by atoms with Gasteiger partial charge in [0.05, 0.1) is 0 Å². The van der Waals surface area contributed by atoms with Gasteiger partial charge < -0.3 is 15.7 Å². The van der Waals surface area contributed by atoms with Crippen molar-refractivity contribution in [3.63, 3.8) is 0 Å². The zero-order valence-electron chi connectivity index (χ0n) is 6.17. The normalized spacial score (nSPS) is 14.3. The van der Waals surface area contributed by atoms with E-state index in [1.807, 2.05) is 11.9 Å². The van der Waals surface area contributed by atoms with E-state index in [9.17, 15) is 0 Å². The first-order chi connectivity index (χ1) is 4.16. The Morgan fingerprint density at radius 1 is 1.67 bits per heavy atom. The van der Waals surface area contributed by atoms with Crippen LogP contribution in [-0.4, -0.2) is 36.4 Å². The summed E-state index contributed by atoms with van der Waals surface area (Å²) in [5.41, 5.74) is 5.14. The van der Waals surface area contributed by atoms with Gasteiger partial charge in [-0.15, -0.1) is 0 Å². The average Bonchev–Trinajstić information content (AvgIpc) is 1.63. The second kappa shape index (κ2) is 4.73. The Kier molecular flexibility index (Phi) is 4.67. The molecule has 0 spiro atoms. The zero-order chi connectivity index (χ0) is 7.28. The Bertz CT molecular complexity index is 66.1. The van der Waals surface area contributed by atoms with E-state index >= 15 is 0 Å². The highest BCUT2D eigenvalue weighted by molar-refractivity contribution is 4.52. The van der Waals surface area contributed by atoms with Crippen LogP contribution in [0.1, 0.15) is 13.3 Å². The minimum Gasteiger partial charge on any atom is -0.377 e. The summed E-state index contributed by atoms with van der Waals surface area (Å²) >= 11 is 0. The van der Waals surface area contributed by atoms with Gasteiger partial charge in [-0.3, -0.25) is 0 Å². The molecule has 0 saturated carbocycles.